The maximum Gasteiger partial charge on any atom is 0.195 e. The van der Waals surface area contributed by atoms with Gasteiger partial charge in [0.05, 0.1) is 7.11 Å². The molecule has 0 spiro atoms. The lowest BCUT2D eigenvalue weighted by atomic mass is 9.93. The zero-order valence-corrected chi connectivity index (χ0v) is 13.9. The van der Waals surface area contributed by atoms with Crippen LogP contribution in [-0.4, -0.2) is 22.8 Å². The van der Waals surface area contributed by atoms with Crippen molar-refractivity contribution in [1.29, 1.82) is 0 Å². The molecule has 5 heteroatoms. The van der Waals surface area contributed by atoms with Gasteiger partial charge in [-0.05, 0) is 12.1 Å². The Morgan fingerprint density at radius 3 is 2.73 bits per heavy atom. The summed E-state index contributed by atoms with van der Waals surface area (Å²) in [5, 5.41) is 2.07. The van der Waals surface area contributed by atoms with Gasteiger partial charge in [0.15, 0.2) is 11.2 Å². The van der Waals surface area contributed by atoms with Crippen LogP contribution in [0.25, 0.3) is 16.2 Å². The number of carbonyl (C=O) groups excluding carboxylic acids is 1. The van der Waals surface area contributed by atoms with Crippen LogP contribution in [0.3, 0.4) is 0 Å². The predicted molar refractivity (Wildman–Crippen MR) is 89.1 cm³/mol. The largest absolute Gasteiger partial charge is 0.497 e. The molecule has 0 atom stereocenters. The molecule has 114 valence electrons. The Hall–Kier alpha value is -2.14. The Morgan fingerprint density at radius 2 is 2.09 bits per heavy atom. The van der Waals surface area contributed by atoms with Crippen molar-refractivity contribution in [1.82, 2.24) is 9.38 Å². The first kappa shape index (κ1) is 14.8. The second-order valence-corrected chi connectivity index (χ2v) is 7.02. The lowest BCUT2D eigenvalue weighted by Gasteiger charge is -2.17. The first-order chi connectivity index (χ1) is 10.5. The van der Waals surface area contributed by atoms with Crippen molar-refractivity contribution in [2.75, 3.05) is 7.11 Å². The molecule has 2 aromatic heterocycles. The molecule has 0 aliphatic carbocycles. The first-order valence-electron chi connectivity index (χ1n) is 7.05. The van der Waals surface area contributed by atoms with Gasteiger partial charge in [-0.15, -0.1) is 11.3 Å². The van der Waals surface area contributed by atoms with E-state index in [1.165, 1.54) is 0 Å². The smallest absolute Gasteiger partial charge is 0.195 e. The lowest BCUT2D eigenvalue weighted by molar-refractivity contribution is 0.111. The topological polar surface area (TPSA) is 43.6 Å². The summed E-state index contributed by atoms with van der Waals surface area (Å²) in [6, 6.07) is 7.62. The zero-order valence-electron chi connectivity index (χ0n) is 13.1. The molecule has 4 nitrogen and oxygen atoms in total. The lowest BCUT2D eigenvalue weighted by Crippen LogP contribution is -2.15. The van der Waals surface area contributed by atoms with Crippen molar-refractivity contribution in [2.24, 2.45) is 0 Å². The highest BCUT2D eigenvalue weighted by atomic mass is 32.1. The number of nitrogens with zero attached hydrogens (tertiary/aromatic N) is 2. The normalized spacial score (nSPS) is 11.8. The summed E-state index contributed by atoms with van der Waals surface area (Å²) in [4.78, 5) is 17.2. The molecule has 0 N–H and O–H groups in total. The maximum absolute atomic E-state index is 11.7. The number of thiazole rings is 1. The average Bonchev–Trinajstić information content (AvgIpc) is 3.04. The highest BCUT2D eigenvalue weighted by molar-refractivity contribution is 7.15. The molecule has 3 aromatic rings. The number of aromatic nitrogens is 2. The minimum absolute atomic E-state index is 0.0532. The number of fused-ring (bicyclic) bond motifs is 1. The van der Waals surface area contributed by atoms with E-state index in [-0.39, 0.29) is 5.41 Å². The number of aldehydes is 1. The Balaban J connectivity index is 2.27. The van der Waals surface area contributed by atoms with E-state index in [9.17, 15) is 4.79 Å². The molecule has 0 saturated carbocycles. The SMILES string of the molecule is COc1cccc(-c2nc3scc(C(C)(C)C)n3c2C=O)c1. The molecule has 0 fully saturated rings. The van der Waals surface area contributed by atoms with E-state index in [0.717, 1.165) is 28.3 Å². The second-order valence-electron chi connectivity index (χ2n) is 6.18. The molecule has 0 bridgehead atoms. The Labute approximate surface area is 133 Å². The Kier molecular flexibility index (Phi) is 3.53. The van der Waals surface area contributed by atoms with Crippen molar-refractivity contribution < 1.29 is 9.53 Å². The summed E-state index contributed by atoms with van der Waals surface area (Å²) >= 11 is 1.56. The van der Waals surface area contributed by atoms with E-state index in [1.54, 1.807) is 18.4 Å². The maximum atomic E-state index is 11.7. The van der Waals surface area contributed by atoms with Crippen LogP contribution in [0.2, 0.25) is 0 Å². The standard InChI is InChI=1S/C17H18N2O2S/c1-17(2,3)14-10-22-16-18-15(13(9-20)19(14)16)11-6-5-7-12(8-11)21-4/h5-10H,1-4H3. The molecular formula is C17H18N2O2S. The summed E-state index contributed by atoms with van der Waals surface area (Å²) < 4.78 is 7.23. The van der Waals surface area contributed by atoms with Gasteiger partial charge in [0, 0.05) is 22.1 Å². The minimum Gasteiger partial charge on any atom is -0.497 e. The van der Waals surface area contributed by atoms with Gasteiger partial charge in [0.1, 0.15) is 17.1 Å². The van der Waals surface area contributed by atoms with Crippen LogP contribution < -0.4 is 4.74 Å². The third-order valence-electron chi connectivity index (χ3n) is 3.62. The van der Waals surface area contributed by atoms with Crippen LogP contribution in [0.5, 0.6) is 5.75 Å². The fourth-order valence-corrected chi connectivity index (χ4v) is 3.61. The highest BCUT2D eigenvalue weighted by Gasteiger charge is 2.24. The summed E-state index contributed by atoms with van der Waals surface area (Å²) in [7, 11) is 1.63. The number of methoxy groups -OCH3 is 1. The van der Waals surface area contributed by atoms with Gasteiger partial charge in [-0.3, -0.25) is 9.20 Å². The Bertz CT molecular complexity index is 840. The Morgan fingerprint density at radius 1 is 1.32 bits per heavy atom. The molecule has 0 aliphatic rings. The van der Waals surface area contributed by atoms with E-state index in [0.29, 0.717) is 11.4 Å². The third kappa shape index (κ3) is 2.31. The van der Waals surface area contributed by atoms with E-state index in [4.69, 9.17) is 4.74 Å². The molecule has 0 saturated heterocycles. The van der Waals surface area contributed by atoms with Crippen molar-refractivity contribution in [2.45, 2.75) is 26.2 Å². The van der Waals surface area contributed by atoms with E-state index < -0.39 is 0 Å². The van der Waals surface area contributed by atoms with Crippen LogP contribution in [0, 0.1) is 0 Å². The van der Waals surface area contributed by atoms with Gasteiger partial charge >= 0.3 is 0 Å². The molecule has 0 unspecified atom stereocenters. The molecule has 1 aromatic carbocycles. The zero-order chi connectivity index (χ0) is 15.9. The van der Waals surface area contributed by atoms with Crippen LogP contribution in [0.1, 0.15) is 37.0 Å². The quantitative estimate of drug-likeness (QED) is 0.681. The van der Waals surface area contributed by atoms with Gasteiger partial charge in [0.25, 0.3) is 0 Å². The molecule has 0 radical (unpaired) electrons. The molecule has 0 aliphatic heterocycles. The van der Waals surface area contributed by atoms with Crippen molar-refractivity contribution in [3.63, 3.8) is 0 Å². The van der Waals surface area contributed by atoms with Crippen LogP contribution in [0.4, 0.5) is 0 Å². The molecule has 22 heavy (non-hydrogen) atoms. The summed E-state index contributed by atoms with van der Waals surface area (Å²) in [5.41, 5.74) is 3.22. The number of hydrogen-bond acceptors (Lipinski definition) is 4. The molecule has 0 amide bonds. The number of hydrogen-bond donors (Lipinski definition) is 0. The van der Waals surface area contributed by atoms with Gasteiger partial charge in [0.2, 0.25) is 0 Å². The second kappa shape index (κ2) is 5.25. The van der Waals surface area contributed by atoms with Crippen LogP contribution in [-0.2, 0) is 5.41 Å². The fourth-order valence-electron chi connectivity index (χ4n) is 2.49. The molecule has 2 heterocycles. The number of benzene rings is 1. The fraction of sp³-hybridized carbons (Fsp3) is 0.294. The molecular weight excluding hydrogens is 296 g/mol. The van der Waals surface area contributed by atoms with E-state index in [2.05, 4.69) is 31.1 Å². The summed E-state index contributed by atoms with van der Waals surface area (Å²) in [5.74, 6) is 0.752. The number of imidazole rings is 1. The summed E-state index contributed by atoms with van der Waals surface area (Å²) in [6.07, 6.45) is 0.886. The first-order valence-corrected chi connectivity index (χ1v) is 7.93. The van der Waals surface area contributed by atoms with Gasteiger partial charge < -0.3 is 4.74 Å². The third-order valence-corrected chi connectivity index (χ3v) is 4.45. The van der Waals surface area contributed by atoms with Crippen LogP contribution >= 0.6 is 11.3 Å². The number of ether oxygens (including phenoxy) is 1. The van der Waals surface area contributed by atoms with Crippen LogP contribution in [0.15, 0.2) is 29.6 Å². The van der Waals surface area contributed by atoms with Gasteiger partial charge in [-0.2, -0.15) is 0 Å². The molecule has 3 rings (SSSR count). The average molecular weight is 314 g/mol. The van der Waals surface area contributed by atoms with Crippen molar-refractivity contribution in [3.8, 4) is 17.0 Å². The van der Waals surface area contributed by atoms with Crippen molar-refractivity contribution in [3.05, 3.63) is 41.0 Å². The predicted octanol–water partition coefficient (Wildman–Crippen LogP) is 4.18. The van der Waals surface area contributed by atoms with Crippen molar-refractivity contribution >= 4 is 22.6 Å². The van der Waals surface area contributed by atoms with Gasteiger partial charge in [-0.25, -0.2) is 4.98 Å². The minimum atomic E-state index is -0.0532. The monoisotopic (exact) mass is 314 g/mol. The van der Waals surface area contributed by atoms with Gasteiger partial charge in [-0.1, -0.05) is 32.9 Å². The number of carbonyl (C=O) groups is 1. The number of rotatable bonds is 3. The highest BCUT2D eigenvalue weighted by Crippen LogP contribution is 2.33. The summed E-state index contributed by atoms with van der Waals surface area (Å²) in [6.45, 7) is 6.40. The van der Waals surface area contributed by atoms with E-state index in [1.807, 2.05) is 28.7 Å². The van der Waals surface area contributed by atoms with E-state index >= 15 is 0 Å².